The average molecular weight is 260 g/mol. The zero-order chi connectivity index (χ0) is 9.52. The van der Waals surface area contributed by atoms with Crippen LogP contribution in [0.25, 0.3) is 0 Å². The largest absolute Gasteiger partial charge is 0.316 e. The van der Waals surface area contributed by atoms with Crippen LogP contribution < -0.4 is 5.32 Å². The minimum atomic E-state index is 1.05. The van der Waals surface area contributed by atoms with E-state index in [-0.39, 0.29) is 0 Å². The molecule has 0 aromatic heterocycles. The van der Waals surface area contributed by atoms with Crippen molar-refractivity contribution < 1.29 is 0 Å². The molecule has 1 aromatic rings. The highest BCUT2D eigenvalue weighted by atomic mass is 79.9. The Bertz CT molecular complexity index is 252. The van der Waals surface area contributed by atoms with Gasteiger partial charge < -0.3 is 5.32 Å². The molecule has 0 aliphatic rings. The van der Waals surface area contributed by atoms with Gasteiger partial charge in [-0.2, -0.15) is 0 Å². The fourth-order valence-corrected chi connectivity index (χ4v) is 2.39. The zero-order valence-corrected chi connectivity index (χ0v) is 10.1. The fraction of sp³-hybridized carbons (Fsp3) is 0.400. The molecule has 0 heterocycles. The van der Waals surface area contributed by atoms with Gasteiger partial charge in [0.25, 0.3) is 0 Å². The molecule has 0 spiro atoms. The Morgan fingerprint density at radius 2 is 2.31 bits per heavy atom. The van der Waals surface area contributed by atoms with E-state index in [0.717, 1.165) is 23.3 Å². The van der Waals surface area contributed by atoms with Gasteiger partial charge in [-0.3, -0.25) is 0 Å². The van der Waals surface area contributed by atoms with Gasteiger partial charge in [-0.15, -0.1) is 11.8 Å². The highest BCUT2D eigenvalue weighted by molar-refractivity contribution is 9.10. The maximum atomic E-state index is 3.46. The van der Waals surface area contributed by atoms with Gasteiger partial charge in [0.1, 0.15) is 0 Å². The van der Waals surface area contributed by atoms with Crippen LogP contribution in [0.15, 0.2) is 33.6 Å². The molecule has 0 atom stereocenters. The summed E-state index contributed by atoms with van der Waals surface area (Å²) in [5.41, 5.74) is 0. The van der Waals surface area contributed by atoms with Crippen molar-refractivity contribution in [1.82, 2.24) is 5.32 Å². The average Bonchev–Trinajstić information content (AvgIpc) is 2.13. The topological polar surface area (TPSA) is 12.0 Å². The smallest absolute Gasteiger partial charge is 0.0186 e. The van der Waals surface area contributed by atoms with E-state index in [1.165, 1.54) is 4.90 Å². The molecule has 72 valence electrons. The second kappa shape index (κ2) is 6.46. The van der Waals surface area contributed by atoms with Crippen LogP contribution in [0.2, 0.25) is 0 Å². The Hall–Kier alpha value is 0.01000. The summed E-state index contributed by atoms with van der Waals surface area (Å²) in [4.78, 5) is 1.33. The van der Waals surface area contributed by atoms with Crippen LogP contribution in [0, 0.1) is 0 Å². The maximum Gasteiger partial charge on any atom is 0.0186 e. The van der Waals surface area contributed by atoms with Crippen molar-refractivity contribution in [2.75, 3.05) is 18.8 Å². The molecule has 0 saturated heterocycles. The molecule has 0 saturated carbocycles. The number of thioether (sulfide) groups is 1. The molecule has 1 nitrogen and oxygen atoms in total. The van der Waals surface area contributed by atoms with E-state index >= 15 is 0 Å². The van der Waals surface area contributed by atoms with Crippen LogP contribution in [0.5, 0.6) is 0 Å². The quantitative estimate of drug-likeness (QED) is 0.644. The number of hydrogen-bond donors (Lipinski definition) is 1. The van der Waals surface area contributed by atoms with Gasteiger partial charge in [-0.25, -0.2) is 0 Å². The first kappa shape index (κ1) is 11.1. The summed E-state index contributed by atoms with van der Waals surface area (Å²) in [7, 11) is 0. The molecule has 13 heavy (non-hydrogen) atoms. The zero-order valence-electron chi connectivity index (χ0n) is 7.72. The van der Waals surface area contributed by atoms with E-state index in [2.05, 4.69) is 46.4 Å². The summed E-state index contributed by atoms with van der Waals surface area (Å²) in [6.07, 6.45) is 0. The summed E-state index contributed by atoms with van der Waals surface area (Å²) in [6.45, 7) is 4.26. The number of nitrogens with one attached hydrogen (secondary N) is 1. The van der Waals surface area contributed by atoms with Gasteiger partial charge in [0, 0.05) is 21.7 Å². The SMILES string of the molecule is CCNCCSc1cccc(Br)c1. The van der Waals surface area contributed by atoms with Gasteiger partial charge in [0.15, 0.2) is 0 Å². The lowest BCUT2D eigenvalue weighted by Crippen LogP contribution is -2.15. The fourth-order valence-electron chi connectivity index (χ4n) is 0.975. The Kier molecular flexibility index (Phi) is 5.51. The summed E-state index contributed by atoms with van der Waals surface area (Å²) in [6, 6.07) is 8.41. The lowest BCUT2D eigenvalue weighted by molar-refractivity contribution is 0.768. The van der Waals surface area contributed by atoms with Gasteiger partial charge >= 0.3 is 0 Å². The Balaban J connectivity index is 2.28. The molecule has 1 N–H and O–H groups in total. The monoisotopic (exact) mass is 259 g/mol. The van der Waals surface area contributed by atoms with Gasteiger partial charge in [-0.05, 0) is 24.7 Å². The van der Waals surface area contributed by atoms with Crippen LogP contribution >= 0.6 is 27.7 Å². The maximum absolute atomic E-state index is 3.46. The second-order valence-corrected chi connectivity index (χ2v) is 4.74. The third-order valence-corrected chi connectivity index (χ3v) is 3.08. The Morgan fingerprint density at radius 1 is 1.46 bits per heavy atom. The number of rotatable bonds is 5. The Morgan fingerprint density at radius 3 is 3.00 bits per heavy atom. The molecule has 0 bridgehead atoms. The molecule has 1 aromatic carbocycles. The Labute approximate surface area is 92.4 Å². The molecule has 0 unspecified atom stereocenters. The van der Waals surface area contributed by atoms with Gasteiger partial charge in [0.05, 0.1) is 0 Å². The van der Waals surface area contributed by atoms with Crippen molar-refractivity contribution in [1.29, 1.82) is 0 Å². The van der Waals surface area contributed by atoms with Crippen molar-refractivity contribution in [3.63, 3.8) is 0 Å². The van der Waals surface area contributed by atoms with Crippen LogP contribution in [0.3, 0.4) is 0 Å². The third kappa shape index (κ3) is 4.69. The molecule has 0 aliphatic heterocycles. The standard InChI is InChI=1S/C10H14BrNS/c1-2-12-6-7-13-10-5-3-4-9(11)8-10/h3-5,8,12H,2,6-7H2,1H3. The molecule has 0 aliphatic carbocycles. The number of hydrogen-bond acceptors (Lipinski definition) is 2. The van der Waals surface area contributed by atoms with Crippen LogP contribution in [-0.2, 0) is 0 Å². The van der Waals surface area contributed by atoms with E-state index in [9.17, 15) is 0 Å². The van der Waals surface area contributed by atoms with Crippen LogP contribution in [0.4, 0.5) is 0 Å². The third-order valence-electron chi connectivity index (χ3n) is 1.59. The van der Waals surface area contributed by atoms with Crippen LogP contribution in [0.1, 0.15) is 6.92 Å². The van der Waals surface area contributed by atoms with Gasteiger partial charge in [-0.1, -0.05) is 28.9 Å². The van der Waals surface area contributed by atoms with E-state index in [0.29, 0.717) is 0 Å². The van der Waals surface area contributed by atoms with Crippen molar-refractivity contribution in [3.8, 4) is 0 Å². The van der Waals surface area contributed by atoms with E-state index in [1.807, 2.05) is 17.8 Å². The first-order valence-electron chi connectivity index (χ1n) is 4.42. The molecular formula is C10H14BrNS. The highest BCUT2D eigenvalue weighted by Gasteiger charge is 1.93. The minimum absolute atomic E-state index is 1.05. The summed E-state index contributed by atoms with van der Waals surface area (Å²) in [5.74, 6) is 1.13. The number of halogens is 1. The lowest BCUT2D eigenvalue weighted by Gasteiger charge is -2.02. The van der Waals surface area contributed by atoms with Crippen LogP contribution in [-0.4, -0.2) is 18.8 Å². The second-order valence-electron chi connectivity index (χ2n) is 2.66. The van der Waals surface area contributed by atoms with Crippen molar-refractivity contribution >= 4 is 27.7 Å². The molecule has 3 heteroatoms. The molecule has 0 fully saturated rings. The summed E-state index contributed by atoms with van der Waals surface area (Å²) in [5, 5.41) is 3.30. The molecule has 0 amide bonds. The van der Waals surface area contributed by atoms with Crippen molar-refractivity contribution in [2.24, 2.45) is 0 Å². The normalized spacial score (nSPS) is 10.3. The summed E-state index contributed by atoms with van der Waals surface area (Å²) < 4.78 is 1.15. The van der Waals surface area contributed by atoms with E-state index in [4.69, 9.17) is 0 Å². The first-order valence-corrected chi connectivity index (χ1v) is 6.20. The summed E-state index contributed by atoms with van der Waals surface area (Å²) >= 11 is 5.34. The van der Waals surface area contributed by atoms with E-state index in [1.54, 1.807) is 0 Å². The predicted molar refractivity (Wildman–Crippen MR) is 63.4 cm³/mol. The predicted octanol–water partition coefficient (Wildman–Crippen LogP) is 3.15. The highest BCUT2D eigenvalue weighted by Crippen LogP contribution is 2.21. The minimum Gasteiger partial charge on any atom is -0.316 e. The van der Waals surface area contributed by atoms with Crippen molar-refractivity contribution in [3.05, 3.63) is 28.7 Å². The van der Waals surface area contributed by atoms with E-state index < -0.39 is 0 Å². The molecule has 1 rings (SSSR count). The lowest BCUT2D eigenvalue weighted by atomic mass is 10.4. The molecule has 0 radical (unpaired) electrons. The van der Waals surface area contributed by atoms with Crippen molar-refractivity contribution in [2.45, 2.75) is 11.8 Å². The van der Waals surface area contributed by atoms with Gasteiger partial charge in [0.2, 0.25) is 0 Å². The molecular weight excluding hydrogens is 246 g/mol. The first-order chi connectivity index (χ1) is 6.33. The number of benzene rings is 1.